The third kappa shape index (κ3) is 4.07. The van der Waals surface area contributed by atoms with E-state index in [0.29, 0.717) is 11.5 Å². The summed E-state index contributed by atoms with van der Waals surface area (Å²) in [5.41, 5.74) is 0.643. The van der Waals surface area contributed by atoms with Crippen molar-refractivity contribution in [3.8, 4) is 5.75 Å². The molecule has 0 spiro atoms. The molecule has 1 aromatic heterocycles. The fourth-order valence-corrected chi connectivity index (χ4v) is 3.72. The molecule has 27 heavy (non-hydrogen) atoms. The Hall–Kier alpha value is -2.57. The molecule has 0 radical (unpaired) electrons. The lowest BCUT2D eigenvalue weighted by Crippen LogP contribution is -2.31. The van der Waals surface area contributed by atoms with Crippen molar-refractivity contribution in [1.82, 2.24) is 9.97 Å². The van der Waals surface area contributed by atoms with Crippen molar-refractivity contribution >= 4 is 23.3 Å². The first-order valence-corrected chi connectivity index (χ1v) is 9.72. The van der Waals surface area contributed by atoms with Crippen LogP contribution < -0.4 is 19.9 Å². The van der Waals surface area contributed by atoms with Crippen LogP contribution in [0.5, 0.6) is 5.75 Å². The number of hydrogen-bond donors (Lipinski definition) is 1. The Morgan fingerprint density at radius 2 is 1.63 bits per heavy atom. The summed E-state index contributed by atoms with van der Waals surface area (Å²) in [5, 5.41) is 3.24. The maximum atomic E-state index is 14.0. The molecule has 0 aliphatic carbocycles. The van der Waals surface area contributed by atoms with Crippen LogP contribution in [0.25, 0.3) is 0 Å². The van der Waals surface area contributed by atoms with Crippen molar-refractivity contribution in [2.75, 3.05) is 48.4 Å². The Bertz CT molecular complexity index is 788. The van der Waals surface area contributed by atoms with Crippen LogP contribution in [0.1, 0.15) is 32.1 Å². The number of piperidine rings is 1. The van der Waals surface area contributed by atoms with Crippen LogP contribution in [0.3, 0.4) is 0 Å². The van der Waals surface area contributed by atoms with Crippen LogP contribution >= 0.6 is 0 Å². The second-order valence-corrected chi connectivity index (χ2v) is 7.13. The van der Waals surface area contributed by atoms with Gasteiger partial charge in [0.2, 0.25) is 5.95 Å². The summed E-state index contributed by atoms with van der Waals surface area (Å²) in [6.45, 7) is 4.01. The quantitative estimate of drug-likeness (QED) is 0.859. The predicted molar refractivity (Wildman–Crippen MR) is 106 cm³/mol. The minimum Gasteiger partial charge on any atom is -0.494 e. The maximum Gasteiger partial charge on any atom is 0.229 e. The standard InChI is InChI=1S/C20H26FN5O/c1-27-17-8-7-15(13-16(17)21)22-18-14-19(25-9-3-2-4-10-25)24-20(23-18)26-11-5-6-12-26/h7-8,13-14H,2-6,9-12H2,1H3,(H,22,23,24). The summed E-state index contributed by atoms with van der Waals surface area (Å²) in [4.78, 5) is 14.1. The monoisotopic (exact) mass is 371 g/mol. The normalized spacial score (nSPS) is 17.3. The van der Waals surface area contributed by atoms with Gasteiger partial charge in [-0.15, -0.1) is 0 Å². The van der Waals surface area contributed by atoms with Gasteiger partial charge in [0.1, 0.15) is 11.6 Å². The highest BCUT2D eigenvalue weighted by atomic mass is 19.1. The first kappa shape index (κ1) is 17.8. The molecule has 2 aromatic rings. The van der Waals surface area contributed by atoms with Crippen LogP contribution in [0.2, 0.25) is 0 Å². The smallest absolute Gasteiger partial charge is 0.229 e. The van der Waals surface area contributed by atoms with Gasteiger partial charge < -0.3 is 19.9 Å². The molecule has 4 rings (SSSR count). The average Bonchev–Trinajstić information content (AvgIpc) is 3.24. The number of methoxy groups -OCH3 is 1. The number of anilines is 4. The Balaban J connectivity index is 1.63. The van der Waals surface area contributed by atoms with Crippen molar-refractivity contribution in [2.45, 2.75) is 32.1 Å². The minimum atomic E-state index is -0.396. The Morgan fingerprint density at radius 1 is 0.926 bits per heavy atom. The molecule has 2 saturated heterocycles. The second kappa shape index (κ2) is 7.98. The van der Waals surface area contributed by atoms with E-state index in [9.17, 15) is 4.39 Å². The van der Waals surface area contributed by atoms with Crippen LogP contribution in [-0.2, 0) is 0 Å². The molecule has 6 nitrogen and oxygen atoms in total. The number of benzene rings is 1. The first-order valence-electron chi connectivity index (χ1n) is 9.72. The number of halogens is 1. The lowest BCUT2D eigenvalue weighted by Gasteiger charge is -2.29. The summed E-state index contributed by atoms with van der Waals surface area (Å²) < 4.78 is 19.0. The van der Waals surface area contributed by atoms with Gasteiger partial charge >= 0.3 is 0 Å². The molecule has 3 heterocycles. The lowest BCUT2D eigenvalue weighted by molar-refractivity contribution is 0.386. The predicted octanol–water partition coefficient (Wildman–Crippen LogP) is 3.96. The molecule has 1 N–H and O–H groups in total. The zero-order valence-corrected chi connectivity index (χ0v) is 15.7. The number of nitrogens with zero attached hydrogens (tertiary/aromatic N) is 4. The summed E-state index contributed by atoms with van der Waals surface area (Å²) in [7, 11) is 1.46. The van der Waals surface area contributed by atoms with Gasteiger partial charge in [-0.05, 0) is 44.2 Å². The highest BCUT2D eigenvalue weighted by Gasteiger charge is 2.20. The molecular formula is C20H26FN5O. The number of ether oxygens (including phenoxy) is 1. The third-order valence-electron chi connectivity index (χ3n) is 5.19. The summed E-state index contributed by atoms with van der Waals surface area (Å²) in [5.74, 6) is 2.23. The maximum absolute atomic E-state index is 14.0. The molecular weight excluding hydrogens is 345 g/mol. The van der Waals surface area contributed by atoms with E-state index in [1.807, 2.05) is 6.07 Å². The summed E-state index contributed by atoms with van der Waals surface area (Å²) >= 11 is 0. The molecule has 1 aromatic carbocycles. The van der Waals surface area contributed by atoms with E-state index in [2.05, 4.69) is 15.1 Å². The molecule has 0 bridgehead atoms. The summed E-state index contributed by atoms with van der Waals surface area (Å²) in [6, 6.07) is 6.80. The number of aromatic nitrogens is 2. The molecule has 0 unspecified atom stereocenters. The van der Waals surface area contributed by atoms with Crippen molar-refractivity contribution < 1.29 is 9.13 Å². The van der Waals surface area contributed by atoms with Crippen molar-refractivity contribution in [3.63, 3.8) is 0 Å². The van der Waals surface area contributed by atoms with Crippen LogP contribution in [0, 0.1) is 5.82 Å². The molecule has 2 aliphatic rings. The van der Waals surface area contributed by atoms with Crippen molar-refractivity contribution in [3.05, 3.63) is 30.1 Å². The SMILES string of the molecule is COc1ccc(Nc2cc(N3CCCCC3)nc(N3CCCC3)n2)cc1F. The highest BCUT2D eigenvalue weighted by Crippen LogP contribution is 2.28. The van der Waals surface area contributed by atoms with Gasteiger partial charge in [0.25, 0.3) is 0 Å². The number of hydrogen-bond acceptors (Lipinski definition) is 6. The zero-order valence-electron chi connectivity index (χ0n) is 15.7. The second-order valence-electron chi connectivity index (χ2n) is 7.13. The first-order chi connectivity index (χ1) is 13.2. The van der Waals surface area contributed by atoms with Gasteiger partial charge in [-0.2, -0.15) is 9.97 Å². The van der Waals surface area contributed by atoms with Crippen LogP contribution in [0.15, 0.2) is 24.3 Å². The Labute approximate surface area is 159 Å². The van der Waals surface area contributed by atoms with E-state index < -0.39 is 5.82 Å². The van der Waals surface area contributed by atoms with E-state index >= 15 is 0 Å². The summed E-state index contributed by atoms with van der Waals surface area (Å²) in [6.07, 6.45) is 6.00. The molecule has 7 heteroatoms. The van der Waals surface area contributed by atoms with Gasteiger partial charge in [-0.3, -0.25) is 0 Å². The van der Waals surface area contributed by atoms with Gasteiger partial charge in [0, 0.05) is 44.0 Å². The van der Waals surface area contributed by atoms with Gasteiger partial charge in [0.15, 0.2) is 11.6 Å². The van der Waals surface area contributed by atoms with Gasteiger partial charge in [-0.25, -0.2) is 4.39 Å². The van der Waals surface area contributed by atoms with Gasteiger partial charge in [0.05, 0.1) is 7.11 Å². The molecule has 0 amide bonds. The van der Waals surface area contributed by atoms with E-state index in [1.54, 1.807) is 12.1 Å². The zero-order chi connectivity index (χ0) is 18.6. The van der Waals surface area contributed by atoms with Gasteiger partial charge in [-0.1, -0.05) is 0 Å². The van der Waals surface area contributed by atoms with E-state index in [-0.39, 0.29) is 5.75 Å². The third-order valence-corrected chi connectivity index (χ3v) is 5.19. The fraction of sp³-hybridized carbons (Fsp3) is 0.500. The Morgan fingerprint density at radius 3 is 2.33 bits per heavy atom. The minimum absolute atomic E-state index is 0.231. The highest BCUT2D eigenvalue weighted by molar-refractivity contribution is 5.63. The number of rotatable bonds is 5. The molecule has 2 aliphatic heterocycles. The van der Waals surface area contributed by atoms with Crippen molar-refractivity contribution in [2.24, 2.45) is 0 Å². The van der Waals surface area contributed by atoms with Crippen LogP contribution in [-0.4, -0.2) is 43.3 Å². The largest absolute Gasteiger partial charge is 0.494 e. The van der Waals surface area contributed by atoms with E-state index in [0.717, 1.165) is 37.9 Å². The molecule has 0 saturated carbocycles. The molecule has 0 atom stereocenters. The lowest BCUT2D eigenvalue weighted by atomic mass is 10.1. The Kier molecular flexibility index (Phi) is 5.27. The van der Waals surface area contributed by atoms with E-state index in [1.165, 1.54) is 45.3 Å². The van der Waals surface area contributed by atoms with E-state index in [4.69, 9.17) is 14.7 Å². The number of nitrogens with one attached hydrogen (secondary N) is 1. The average molecular weight is 371 g/mol. The fourth-order valence-electron chi connectivity index (χ4n) is 3.72. The van der Waals surface area contributed by atoms with Crippen molar-refractivity contribution in [1.29, 1.82) is 0 Å². The van der Waals surface area contributed by atoms with Crippen LogP contribution in [0.4, 0.5) is 27.7 Å². The molecule has 144 valence electrons. The topological polar surface area (TPSA) is 53.5 Å². The molecule has 2 fully saturated rings.